The minimum Gasteiger partial charge on any atom is -0.354 e. The van der Waals surface area contributed by atoms with Gasteiger partial charge in [0.2, 0.25) is 5.95 Å². The van der Waals surface area contributed by atoms with E-state index in [1.165, 1.54) is 12.8 Å². The number of anilines is 2. The van der Waals surface area contributed by atoms with Crippen molar-refractivity contribution in [3.05, 3.63) is 36.4 Å². The Hall–Kier alpha value is -2.14. The number of piperazine rings is 1. The molecule has 126 valence electrons. The summed E-state index contributed by atoms with van der Waals surface area (Å²) in [4.78, 5) is 14.4. The number of aromatic nitrogens is 2. The molecule has 1 saturated heterocycles. The highest BCUT2D eigenvalue weighted by Gasteiger charge is 2.24. The summed E-state index contributed by atoms with van der Waals surface area (Å²) in [5.41, 5.74) is 2.15. The first-order valence-corrected chi connectivity index (χ1v) is 9.00. The molecule has 1 N–H and O–H groups in total. The second kappa shape index (κ2) is 6.77. The van der Waals surface area contributed by atoms with Gasteiger partial charge in [0.05, 0.1) is 5.69 Å². The summed E-state index contributed by atoms with van der Waals surface area (Å²) >= 11 is 0. The SMILES string of the molecule is CCN1CCN(c2cc(-c3ccccc3)nc(NC3CC3)n2)CC1. The fraction of sp³-hybridized carbons (Fsp3) is 0.474. The summed E-state index contributed by atoms with van der Waals surface area (Å²) in [7, 11) is 0. The van der Waals surface area contributed by atoms with Gasteiger partial charge in [-0.05, 0) is 19.4 Å². The van der Waals surface area contributed by atoms with Crippen LogP contribution in [-0.4, -0.2) is 53.6 Å². The van der Waals surface area contributed by atoms with E-state index in [1.807, 2.05) is 6.07 Å². The molecule has 0 unspecified atom stereocenters. The van der Waals surface area contributed by atoms with E-state index in [0.29, 0.717) is 6.04 Å². The molecule has 1 saturated carbocycles. The van der Waals surface area contributed by atoms with Crippen LogP contribution in [0, 0.1) is 0 Å². The van der Waals surface area contributed by atoms with Crippen LogP contribution in [0.2, 0.25) is 0 Å². The van der Waals surface area contributed by atoms with Gasteiger partial charge in [-0.15, -0.1) is 0 Å². The Balaban J connectivity index is 1.62. The van der Waals surface area contributed by atoms with Crippen molar-refractivity contribution in [2.45, 2.75) is 25.8 Å². The number of hydrogen-bond acceptors (Lipinski definition) is 5. The minimum atomic E-state index is 0.556. The standard InChI is InChI=1S/C19H25N5/c1-2-23-10-12-24(13-11-23)18-14-17(15-6-4-3-5-7-15)21-19(22-18)20-16-8-9-16/h3-7,14,16H,2,8-13H2,1H3,(H,20,21,22). The third kappa shape index (κ3) is 3.51. The van der Waals surface area contributed by atoms with Crippen LogP contribution in [0.1, 0.15) is 19.8 Å². The monoisotopic (exact) mass is 323 g/mol. The van der Waals surface area contributed by atoms with Gasteiger partial charge in [-0.3, -0.25) is 0 Å². The van der Waals surface area contributed by atoms with E-state index < -0.39 is 0 Å². The fourth-order valence-corrected chi connectivity index (χ4v) is 3.12. The number of nitrogens with zero attached hydrogens (tertiary/aromatic N) is 4. The molecule has 2 aromatic rings. The quantitative estimate of drug-likeness (QED) is 0.916. The molecule has 0 spiro atoms. The smallest absolute Gasteiger partial charge is 0.225 e. The molecule has 1 aliphatic heterocycles. The Morgan fingerprint density at radius 1 is 1.04 bits per heavy atom. The lowest BCUT2D eigenvalue weighted by Gasteiger charge is -2.35. The van der Waals surface area contributed by atoms with Gasteiger partial charge >= 0.3 is 0 Å². The highest BCUT2D eigenvalue weighted by atomic mass is 15.3. The molecule has 1 aliphatic carbocycles. The molecule has 1 aromatic heterocycles. The first-order valence-electron chi connectivity index (χ1n) is 9.00. The largest absolute Gasteiger partial charge is 0.354 e. The fourth-order valence-electron chi connectivity index (χ4n) is 3.12. The molecule has 2 heterocycles. The van der Waals surface area contributed by atoms with E-state index in [0.717, 1.165) is 55.7 Å². The van der Waals surface area contributed by atoms with Gasteiger partial charge in [0.1, 0.15) is 5.82 Å². The van der Waals surface area contributed by atoms with Crippen LogP contribution < -0.4 is 10.2 Å². The molecule has 4 rings (SSSR count). The summed E-state index contributed by atoms with van der Waals surface area (Å²) in [5.74, 6) is 1.81. The molecule has 0 bridgehead atoms. The van der Waals surface area contributed by atoms with E-state index in [4.69, 9.17) is 9.97 Å². The molecule has 5 heteroatoms. The van der Waals surface area contributed by atoms with Gasteiger partial charge in [-0.25, -0.2) is 4.98 Å². The summed E-state index contributed by atoms with van der Waals surface area (Å²) in [6.07, 6.45) is 2.45. The van der Waals surface area contributed by atoms with Gasteiger partial charge in [-0.1, -0.05) is 37.3 Å². The minimum absolute atomic E-state index is 0.556. The van der Waals surface area contributed by atoms with Crippen LogP contribution in [0.3, 0.4) is 0 Å². The first-order chi connectivity index (χ1) is 11.8. The van der Waals surface area contributed by atoms with Crippen LogP contribution in [-0.2, 0) is 0 Å². The Kier molecular flexibility index (Phi) is 4.34. The number of nitrogens with one attached hydrogen (secondary N) is 1. The molecule has 24 heavy (non-hydrogen) atoms. The lowest BCUT2D eigenvalue weighted by Crippen LogP contribution is -2.46. The molecule has 5 nitrogen and oxygen atoms in total. The van der Waals surface area contributed by atoms with Crippen LogP contribution in [0.25, 0.3) is 11.3 Å². The molecule has 2 fully saturated rings. The highest BCUT2D eigenvalue weighted by Crippen LogP contribution is 2.27. The predicted octanol–water partition coefficient (Wildman–Crippen LogP) is 2.86. The average Bonchev–Trinajstić information content (AvgIpc) is 3.46. The van der Waals surface area contributed by atoms with Gasteiger partial charge in [0, 0.05) is 43.9 Å². The van der Waals surface area contributed by atoms with E-state index in [2.05, 4.69) is 52.4 Å². The molecule has 0 amide bonds. The zero-order valence-corrected chi connectivity index (χ0v) is 14.3. The summed E-state index contributed by atoms with van der Waals surface area (Å²) in [5, 5.41) is 3.47. The average molecular weight is 323 g/mol. The third-order valence-electron chi connectivity index (χ3n) is 4.84. The third-order valence-corrected chi connectivity index (χ3v) is 4.84. The van der Waals surface area contributed by atoms with E-state index >= 15 is 0 Å². The van der Waals surface area contributed by atoms with Crippen molar-refractivity contribution in [1.82, 2.24) is 14.9 Å². The Morgan fingerprint density at radius 3 is 2.46 bits per heavy atom. The van der Waals surface area contributed by atoms with Crippen molar-refractivity contribution in [2.24, 2.45) is 0 Å². The second-order valence-corrected chi connectivity index (χ2v) is 6.64. The van der Waals surface area contributed by atoms with E-state index in [-0.39, 0.29) is 0 Å². The summed E-state index contributed by atoms with van der Waals surface area (Å²) in [6.45, 7) is 7.62. The maximum atomic E-state index is 4.80. The lowest BCUT2D eigenvalue weighted by molar-refractivity contribution is 0.270. The van der Waals surface area contributed by atoms with E-state index in [1.54, 1.807) is 0 Å². The Bertz CT molecular complexity index is 675. The van der Waals surface area contributed by atoms with Crippen molar-refractivity contribution in [3.63, 3.8) is 0 Å². The maximum absolute atomic E-state index is 4.80. The van der Waals surface area contributed by atoms with Crippen molar-refractivity contribution in [1.29, 1.82) is 0 Å². The number of hydrogen-bond donors (Lipinski definition) is 1. The topological polar surface area (TPSA) is 44.3 Å². The van der Waals surface area contributed by atoms with Gasteiger partial charge in [-0.2, -0.15) is 4.98 Å². The summed E-state index contributed by atoms with van der Waals surface area (Å²) in [6, 6.07) is 13.1. The lowest BCUT2D eigenvalue weighted by atomic mass is 10.1. The predicted molar refractivity (Wildman–Crippen MR) is 98.4 cm³/mol. The van der Waals surface area contributed by atoms with Crippen LogP contribution >= 0.6 is 0 Å². The molecule has 2 aliphatic rings. The Labute approximate surface area is 143 Å². The van der Waals surface area contributed by atoms with Gasteiger partial charge in [0.25, 0.3) is 0 Å². The van der Waals surface area contributed by atoms with Crippen molar-refractivity contribution < 1.29 is 0 Å². The summed E-state index contributed by atoms with van der Waals surface area (Å²) < 4.78 is 0. The van der Waals surface area contributed by atoms with Gasteiger partial charge < -0.3 is 15.1 Å². The molecule has 0 atom stereocenters. The van der Waals surface area contributed by atoms with Crippen molar-refractivity contribution >= 4 is 11.8 Å². The van der Waals surface area contributed by atoms with E-state index in [9.17, 15) is 0 Å². The zero-order valence-electron chi connectivity index (χ0n) is 14.3. The van der Waals surface area contributed by atoms with Crippen molar-refractivity contribution in [2.75, 3.05) is 42.9 Å². The first kappa shape index (κ1) is 15.4. The molecular weight excluding hydrogens is 298 g/mol. The molecular formula is C19H25N5. The number of rotatable bonds is 5. The highest BCUT2D eigenvalue weighted by molar-refractivity contribution is 5.65. The normalized spacial score (nSPS) is 18.6. The molecule has 1 aromatic carbocycles. The number of likely N-dealkylation sites (N-methyl/N-ethyl adjacent to an activating group) is 1. The number of benzene rings is 1. The molecule has 0 radical (unpaired) electrons. The van der Waals surface area contributed by atoms with Gasteiger partial charge in [0.15, 0.2) is 0 Å². The van der Waals surface area contributed by atoms with Crippen LogP contribution in [0.15, 0.2) is 36.4 Å². The van der Waals surface area contributed by atoms with Crippen LogP contribution in [0.5, 0.6) is 0 Å². The Morgan fingerprint density at radius 2 is 1.79 bits per heavy atom. The van der Waals surface area contributed by atoms with Crippen molar-refractivity contribution in [3.8, 4) is 11.3 Å². The zero-order chi connectivity index (χ0) is 16.4. The maximum Gasteiger partial charge on any atom is 0.225 e. The van der Waals surface area contributed by atoms with Crippen LogP contribution in [0.4, 0.5) is 11.8 Å². The second-order valence-electron chi connectivity index (χ2n) is 6.64.